The highest BCUT2D eigenvalue weighted by Crippen LogP contribution is 2.30. The van der Waals surface area contributed by atoms with Crippen molar-refractivity contribution in [2.45, 2.75) is 13.5 Å². The van der Waals surface area contributed by atoms with Gasteiger partial charge in [-0.05, 0) is 42.8 Å². The molecule has 2 N–H and O–H groups in total. The fourth-order valence-corrected chi connectivity index (χ4v) is 2.75. The summed E-state index contributed by atoms with van der Waals surface area (Å²) in [5, 5.41) is 10.9. The summed E-state index contributed by atoms with van der Waals surface area (Å²) in [6.45, 7) is 3.14. The van der Waals surface area contributed by atoms with Crippen LogP contribution in [0.3, 0.4) is 0 Å². The van der Waals surface area contributed by atoms with Crippen LogP contribution >= 0.6 is 24.0 Å². The van der Waals surface area contributed by atoms with Crippen LogP contribution in [0.2, 0.25) is 0 Å². The molecule has 2 aromatic carbocycles. The zero-order chi connectivity index (χ0) is 19.8. The van der Waals surface area contributed by atoms with E-state index in [9.17, 15) is 0 Å². The molecule has 1 heterocycles. The van der Waals surface area contributed by atoms with Crippen molar-refractivity contribution in [1.82, 2.24) is 15.1 Å². The van der Waals surface area contributed by atoms with Crippen LogP contribution in [0.4, 0.5) is 5.69 Å². The van der Waals surface area contributed by atoms with Gasteiger partial charge in [0, 0.05) is 37.7 Å². The Balaban J connectivity index is 0.00000300. The molecule has 0 spiro atoms. The van der Waals surface area contributed by atoms with Gasteiger partial charge in [0.1, 0.15) is 0 Å². The normalized spacial score (nSPS) is 10.8. The average molecular weight is 507 g/mol. The van der Waals surface area contributed by atoms with Crippen molar-refractivity contribution in [2.24, 2.45) is 4.99 Å². The van der Waals surface area contributed by atoms with E-state index in [2.05, 4.69) is 32.9 Å². The maximum Gasteiger partial charge on any atom is 0.195 e. The van der Waals surface area contributed by atoms with Gasteiger partial charge in [-0.25, -0.2) is 4.68 Å². The molecule has 0 aliphatic heterocycles. The Labute approximate surface area is 188 Å². The molecule has 3 rings (SSSR count). The highest BCUT2D eigenvalue weighted by Gasteiger charge is 2.07. The number of hydrogen-bond acceptors (Lipinski definition) is 4. The van der Waals surface area contributed by atoms with Gasteiger partial charge < -0.3 is 20.1 Å². The lowest BCUT2D eigenvalue weighted by Gasteiger charge is -2.15. The van der Waals surface area contributed by atoms with E-state index in [1.807, 2.05) is 54.2 Å². The molecule has 0 aliphatic carbocycles. The Morgan fingerprint density at radius 2 is 2.00 bits per heavy atom. The summed E-state index contributed by atoms with van der Waals surface area (Å²) in [5.74, 6) is 2.06. The summed E-state index contributed by atoms with van der Waals surface area (Å²) < 4.78 is 12.8. The molecule has 8 heteroatoms. The van der Waals surface area contributed by atoms with Gasteiger partial charge in [-0.1, -0.05) is 12.1 Å². The number of halogens is 1. The van der Waals surface area contributed by atoms with Crippen LogP contribution in [0.15, 0.2) is 65.9 Å². The van der Waals surface area contributed by atoms with Crippen LogP contribution in [0.25, 0.3) is 5.69 Å². The van der Waals surface area contributed by atoms with Gasteiger partial charge in [-0.3, -0.25) is 4.99 Å². The van der Waals surface area contributed by atoms with Gasteiger partial charge in [0.05, 0.1) is 19.4 Å². The second-order valence-corrected chi connectivity index (χ2v) is 5.97. The third-order valence-electron chi connectivity index (χ3n) is 4.09. The Bertz CT molecular complexity index is 929. The smallest absolute Gasteiger partial charge is 0.195 e. The van der Waals surface area contributed by atoms with E-state index in [0.29, 0.717) is 30.6 Å². The number of aliphatic imine (C=N–C) groups is 1. The molecule has 0 amide bonds. The lowest BCUT2D eigenvalue weighted by Crippen LogP contribution is -2.30. The Morgan fingerprint density at radius 3 is 2.69 bits per heavy atom. The van der Waals surface area contributed by atoms with E-state index >= 15 is 0 Å². The number of benzene rings is 2. The zero-order valence-corrected chi connectivity index (χ0v) is 19.1. The Kier molecular flexibility index (Phi) is 8.78. The first-order valence-corrected chi connectivity index (χ1v) is 9.11. The third-order valence-corrected chi connectivity index (χ3v) is 4.09. The van der Waals surface area contributed by atoms with Crippen molar-refractivity contribution in [3.05, 3.63) is 66.5 Å². The molecule has 7 nitrogen and oxygen atoms in total. The number of nitrogens with one attached hydrogen (secondary N) is 2. The maximum atomic E-state index is 5.63. The predicted octanol–water partition coefficient (Wildman–Crippen LogP) is 4.09. The van der Waals surface area contributed by atoms with Gasteiger partial charge >= 0.3 is 0 Å². The lowest BCUT2D eigenvalue weighted by atomic mass is 10.2. The summed E-state index contributed by atoms with van der Waals surface area (Å²) in [6.07, 6.45) is 3.69. The number of anilines is 1. The molecule has 0 atom stereocenters. The number of aromatic nitrogens is 2. The van der Waals surface area contributed by atoms with Crippen molar-refractivity contribution in [3.63, 3.8) is 0 Å². The molecule has 0 saturated carbocycles. The molecule has 3 aromatic rings. The molecule has 0 saturated heterocycles. The number of rotatable bonds is 7. The van der Waals surface area contributed by atoms with Crippen molar-refractivity contribution in [1.29, 1.82) is 0 Å². The summed E-state index contributed by atoms with van der Waals surface area (Å²) in [5.41, 5.74) is 3.01. The van der Waals surface area contributed by atoms with E-state index < -0.39 is 0 Å². The molecular formula is C21H26IN5O2. The van der Waals surface area contributed by atoms with Crippen molar-refractivity contribution in [2.75, 3.05) is 26.1 Å². The van der Waals surface area contributed by atoms with Crippen LogP contribution in [0.5, 0.6) is 11.5 Å². The van der Waals surface area contributed by atoms with Crippen LogP contribution < -0.4 is 20.1 Å². The Hall–Kier alpha value is -2.75. The molecule has 0 unspecified atom stereocenters. The summed E-state index contributed by atoms with van der Waals surface area (Å²) >= 11 is 0. The number of nitrogens with zero attached hydrogens (tertiary/aromatic N) is 3. The molecular weight excluding hydrogens is 481 g/mol. The zero-order valence-electron chi connectivity index (χ0n) is 16.8. The fraction of sp³-hybridized carbons (Fsp3) is 0.238. The molecule has 154 valence electrons. The molecule has 1 aromatic heterocycles. The topological polar surface area (TPSA) is 72.7 Å². The number of hydrogen-bond donors (Lipinski definition) is 2. The number of guanidine groups is 1. The largest absolute Gasteiger partial charge is 0.493 e. The van der Waals surface area contributed by atoms with Crippen molar-refractivity contribution >= 4 is 35.6 Å². The maximum absolute atomic E-state index is 5.63. The van der Waals surface area contributed by atoms with Gasteiger partial charge in [0.25, 0.3) is 0 Å². The first-order chi connectivity index (χ1) is 13.7. The SMILES string of the molecule is CCOc1cc(NC(=NC)NCc2cccc(-n3cccn3)c2)ccc1OC.I. The Morgan fingerprint density at radius 1 is 1.14 bits per heavy atom. The quantitative estimate of drug-likeness (QED) is 0.287. The highest BCUT2D eigenvalue weighted by atomic mass is 127. The average Bonchev–Trinajstić information content (AvgIpc) is 3.27. The summed E-state index contributed by atoms with van der Waals surface area (Å²) in [6, 6.07) is 15.8. The van der Waals surface area contributed by atoms with Crippen LogP contribution in [0.1, 0.15) is 12.5 Å². The monoisotopic (exact) mass is 507 g/mol. The van der Waals surface area contributed by atoms with Gasteiger partial charge in [0.15, 0.2) is 17.5 Å². The van der Waals surface area contributed by atoms with E-state index in [-0.39, 0.29) is 24.0 Å². The summed E-state index contributed by atoms with van der Waals surface area (Å²) in [7, 11) is 3.37. The second-order valence-electron chi connectivity index (χ2n) is 5.97. The first kappa shape index (κ1) is 22.5. The minimum atomic E-state index is 0. The first-order valence-electron chi connectivity index (χ1n) is 9.11. The number of ether oxygens (including phenoxy) is 2. The number of methoxy groups -OCH3 is 1. The highest BCUT2D eigenvalue weighted by molar-refractivity contribution is 14.0. The van der Waals surface area contributed by atoms with E-state index in [0.717, 1.165) is 16.9 Å². The molecule has 0 fully saturated rings. The van der Waals surface area contributed by atoms with E-state index in [1.165, 1.54) is 0 Å². The lowest BCUT2D eigenvalue weighted by molar-refractivity contribution is 0.311. The van der Waals surface area contributed by atoms with Gasteiger partial charge in [-0.15, -0.1) is 24.0 Å². The molecule has 29 heavy (non-hydrogen) atoms. The third kappa shape index (κ3) is 6.11. The minimum Gasteiger partial charge on any atom is -0.493 e. The van der Waals surface area contributed by atoms with Crippen LogP contribution in [-0.2, 0) is 6.54 Å². The molecule has 0 radical (unpaired) electrons. The van der Waals surface area contributed by atoms with Gasteiger partial charge in [0.2, 0.25) is 0 Å². The van der Waals surface area contributed by atoms with Crippen molar-refractivity contribution < 1.29 is 9.47 Å². The van der Waals surface area contributed by atoms with E-state index in [4.69, 9.17) is 9.47 Å². The standard InChI is InChI=1S/C21H25N5O2.HI/c1-4-28-20-14-17(9-10-19(20)27-3)25-21(22-2)23-15-16-7-5-8-18(13-16)26-12-6-11-24-26;/h5-14H,4,15H2,1-3H3,(H2,22,23,25);1H. The van der Waals surface area contributed by atoms with Crippen LogP contribution in [-0.4, -0.2) is 36.5 Å². The van der Waals surface area contributed by atoms with E-state index in [1.54, 1.807) is 20.4 Å². The fourth-order valence-electron chi connectivity index (χ4n) is 2.75. The molecule has 0 aliphatic rings. The van der Waals surface area contributed by atoms with Gasteiger partial charge in [-0.2, -0.15) is 5.10 Å². The molecule has 0 bridgehead atoms. The van der Waals surface area contributed by atoms with Crippen molar-refractivity contribution in [3.8, 4) is 17.2 Å². The second kappa shape index (κ2) is 11.3. The summed E-state index contributed by atoms with van der Waals surface area (Å²) in [4.78, 5) is 4.29. The minimum absolute atomic E-state index is 0. The van der Waals surface area contributed by atoms with Crippen LogP contribution in [0, 0.1) is 0 Å². The predicted molar refractivity (Wildman–Crippen MR) is 127 cm³/mol.